The van der Waals surface area contributed by atoms with E-state index in [1.807, 2.05) is 30.0 Å². The standard InChI is InChI=1S/C19H27F3N4.HI/c1-2-23-18(24-11-10-19(20,21)22)26-15-13-25(14-16-26)12-6-9-17-7-4-3-5-8-17;/h3-9H,2,10-16H2,1H3,(H,23,24);1H/b9-6+;. The number of alkyl halides is 3. The van der Waals surface area contributed by atoms with E-state index in [1.165, 1.54) is 5.56 Å². The first-order chi connectivity index (χ1) is 12.5. The zero-order chi connectivity index (χ0) is 18.8. The Bertz CT molecular complexity index is 582. The van der Waals surface area contributed by atoms with Crippen LogP contribution in [-0.4, -0.2) is 67.7 Å². The molecule has 1 aliphatic heterocycles. The number of benzene rings is 1. The molecule has 0 bridgehead atoms. The zero-order valence-corrected chi connectivity index (χ0v) is 17.9. The van der Waals surface area contributed by atoms with Gasteiger partial charge in [-0.05, 0) is 12.5 Å². The number of nitrogens with zero attached hydrogens (tertiary/aromatic N) is 3. The van der Waals surface area contributed by atoms with Crippen molar-refractivity contribution in [2.24, 2.45) is 4.99 Å². The summed E-state index contributed by atoms with van der Waals surface area (Å²) in [5, 5.41) is 3.09. The van der Waals surface area contributed by atoms with E-state index in [0.29, 0.717) is 12.5 Å². The van der Waals surface area contributed by atoms with Crippen molar-refractivity contribution < 1.29 is 13.2 Å². The third-order valence-corrected chi connectivity index (χ3v) is 4.14. The molecule has 1 saturated heterocycles. The normalized spacial score (nSPS) is 16.4. The Kier molecular flexibility index (Phi) is 10.8. The van der Waals surface area contributed by atoms with Crippen LogP contribution in [0.5, 0.6) is 0 Å². The quantitative estimate of drug-likeness (QED) is 0.369. The average molecular weight is 496 g/mol. The Morgan fingerprint density at radius 2 is 1.81 bits per heavy atom. The monoisotopic (exact) mass is 496 g/mol. The molecule has 4 nitrogen and oxygen atoms in total. The van der Waals surface area contributed by atoms with Gasteiger partial charge in [0.1, 0.15) is 0 Å². The molecule has 1 N–H and O–H groups in total. The van der Waals surface area contributed by atoms with Crippen molar-refractivity contribution in [2.75, 3.05) is 45.8 Å². The lowest BCUT2D eigenvalue weighted by Crippen LogP contribution is -2.52. The van der Waals surface area contributed by atoms with Gasteiger partial charge >= 0.3 is 6.18 Å². The molecular formula is C19H28F3IN4. The molecule has 1 heterocycles. The average Bonchev–Trinajstić information content (AvgIpc) is 2.62. The lowest BCUT2D eigenvalue weighted by Gasteiger charge is -2.36. The highest BCUT2D eigenvalue weighted by Crippen LogP contribution is 2.19. The molecule has 1 aromatic rings. The van der Waals surface area contributed by atoms with Gasteiger partial charge in [-0.2, -0.15) is 13.2 Å². The first-order valence-corrected chi connectivity index (χ1v) is 9.02. The van der Waals surface area contributed by atoms with Crippen LogP contribution in [0.1, 0.15) is 18.9 Å². The second-order valence-electron chi connectivity index (χ2n) is 6.20. The highest BCUT2D eigenvalue weighted by molar-refractivity contribution is 14.0. The zero-order valence-electron chi connectivity index (χ0n) is 15.6. The van der Waals surface area contributed by atoms with Gasteiger partial charge in [0.05, 0.1) is 13.0 Å². The molecule has 152 valence electrons. The molecule has 0 saturated carbocycles. The van der Waals surface area contributed by atoms with E-state index in [2.05, 4.69) is 39.5 Å². The number of guanidine groups is 1. The van der Waals surface area contributed by atoms with Crippen LogP contribution < -0.4 is 5.32 Å². The minimum atomic E-state index is -4.16. The van der Waals surface area contributed by atoms with Crippen LogP contribution in [0.25, 0.3) is 6.08 Å². The molecule has 1 fully saturated rings. The maximum absolute atomic E-state index is 12.3. The van der Waals surface area contributed by atoms with Gasteiger partial charge in [-0.1, -0.05) is 42.5 Å². The van der Waals surface area contributed by atoms with Gasteiger partial charge in [-0.3, -0.25) is 9.89 Å². The Hall–Kier alpha value is -1.29. The van der Waals surface area contributed by atoms with Crippen LogP contribution in [0.2, 0.25) is 0 Å². The number of aliphatic imine (C=N–C) groups is 1. The Morgan fingerprint density at radius 3 is 2.41 bits per heavy atom. The molecule has 0 amide bonds. The van der Waals surface area contributed by atoms with Crippen LogP contribution in [0.15, 0.2) is 41.4 Å². The van der Waals surface area contributed by atoms with Gasteiger partial charge in [0.15, 0.2) is 5.96 Å². The number of hydrogen-bond acceptors (Lipinski definition) is 2. The Balaban J connectivity index is 0.00000364. The summed E-state index contributed by atoms with van der Waals surface area (Å²) in [7, 11) is 0. The van der Waals surface area contributed by atoms with Crippen molar-refractivity contribution in [3.8, 4) is 0 Å². The van der Waals surface area contributed by atoms with Gasteiger partial charge in [0.2, 0.25) is 0 Å². The van der Waals surface area contributed by atoms with E-state index < -0.39 is 12.6 Å². The smallest absolute Gasteiger partial charge is 0.357 e. The highest BCUT2D eigenvalue weighted by Gasteiger charge is 2.26. The molecule has 0 radical (unpaired) electrons. The van der Waals surface area contributed by atoms with Gasteiger partial charge in [0, 0.05) is 39.3 Å². The molecule has 2 rings (SSSR count). The summed E-state index contributed by atoms with van der Waals surface area (Å²) in [6.07, 6.45) is -0.792. The van der Waals surface area contributed by atoms with Crippen molar-refractivity contribution >= 4 is 36.0 Å². The van der Waals surface area contributed by atoms with E-state index in [4.69, 9.17) is 0 Å². The van der Waals surface area contributed by atoms with E-state index >= 15 is 0 Å². The van der Waals surface area contributed by atoms with Crippen LogP contribution in [-0.2, 0) is 0 Å². The summed E-state index contributed by atoms with van der Waals surface area (Å²) in [4.78, 5) is 8.50. The van der Waals surface area contributed by atoms with Gasteiger partial charge in [-0.15, -0.1) is 24.0 Å². The molecule has 0 unspecified atom stereocenters. The maximum Gasteiger partial charge on any atom is 0.390 e. The van der Waals surface area contributed by atoms with E-state index in [-0.39, 0.29) is 30.5 Å². The number of hydrogen-bond donors (Lipinski definition) is 1. The van der Waals surface area contributed by atoms with Crippen molar-refractivity contribution in [2.45, 2.75) is 19.5 Å². The third kappa shape index (κ3) is 9.46. The molecular weight excluding hydrogens is 468 g/mol. The fourth-order valence-electron chi connectivity index (χ4n) is 2.76. The van der Waals surface area contributed by atoms with E-state index in [0.717, 1.165) is 32.7 Å². The second-order valence-corrected chi connectivity index (χ2v) is 6.20. The fraction of sp³-hybridized carbons (Fsp3) is 0.526. The molecule has 0 spiro atoms. The van der Waals surface area contributed by atoms with Crippen LogP contribution in [0.3, 0.4) is 0 Å². The summed E-state index contributed by atoms with van der Waals surface area (Å²) < 4.78 is 36.9. The maximum atomic E-state index is 12.3. The van der Waals surface area contributed by atoms with E-state index in [1.54, 1.807) is 0 Å². The number of halogens is 4. The SMILES string of the molecule is CCNC(=NCCC(F)(F)F)N1CCN(C/C=C/c2ccccc2)CC1.I. The van der Waals surface area contributed by atoms with Crippen molar-refractivity contribution in [3.05, 3.63) is 42.0 Å². The number of piperazine rings is 1. The summed E-state index contributed by atoms with van der Waals surface area (Å²) in [6.45, 7) is 6.45. The van der Waals surface area contributed by atoms with Gasteiger partial charge < -0.3 is 10.2 Å². The largest absolute Gasteiger partial charge is 0.390 e. The lowest BCUT2D eigenvalue weighted by molar-refractivity contribution is -0.132. The Labute approximate surface area is 176 Å². The fourth-order valence-corrected chi connectivity index (χ4v) is 2.76. The molecule has 0 aliphatic carbocycles. The first-order valence-electron chi connectivity index (χ1n) is 9.02. The molecule has 1 aromatic carbocycles. The van der Waals surface area contributed by atoms with Crippen LogP contribution in [0.4, 0.5) is 13.2 Å². The summed E-state index contributed by atoms with van der Waals surface area (Å²) >= 11 is 0. The van der Waals surface area contributed by atoms with Gasteiger partial charge in [-0.25, -0.2) is 0 Å². The van der Waals surface area contributed by atoms with Crippen molar-refractivity contribution in [3.63, 3.8) is 0 Å². The minimum Gasteiger partial charge on any atom is -0.357 e. The first kappa shape index (κ1) is 23.7. The topological polar surface area (TPSA) is 30.9 Å². The Morgan fingerprint density at radius 1 is 1.15 bits per heavy atom. The molecule has 27 heavy (non-hydrogen) atoms. The number of rotatable bonds is 6. The van der Waals surface area contributed by atoms with Crippen molar-refractivity contribution in [1.29, 1.82) is 0 Å². The molecule has 1 aliphatic rings. The second kappa shape index (κ2) is 12.2. The van der Waals surface area contributed by atoms with E-state index in [9.17, 15) is 13.2 Å². The van der Waals surface area contributed by atoms with Crippen molar-refractivity contribution in [1.82, 2.24) is 15.1 Å². The highest BCUT2D eigenvalue weighted by atomic mass is 127. The summed E-state index contributed by atoms with van der Waals surface area (Å²) in [5.74, 6) is 0.580. The van der Waals surface area contributed by atoms with Gasteiger partial charge in [0.25, 0.3) is 0 Å². The summed E-state index contributed by atoms with van der Waals surface area (Å²) in [5.41, 5.74) is 1.18. The predicted octanol–water partition coefficient (Wildman–Crippen LogP) is 3.85. The number of nitrogens with one attached hydrogen (secondary N) is 1. The minimum absolute atomic E-state index is 0. The lowest BCUT2D eigenvalue weighted by atomic mass is 10.2. The third-order valence-electron chi connectivity index (χ3n) is 4.14. The summed E-state index contributed by atoms with van der Waals surface area (Å²) in [6, 6.07) is 10.1. The molecule has 0 aromatic heterocycles. The molecule has 8 heteroatoms. The predicted molar refractivity (Wildman–Crippen MR) is 116 cm³/mol. The molecule has 0 atom stereocenters. The van der Waals surface area contributed by atoms with Crippen LogP contribution in [0, 0.1) is 0 Å². The van der Waals surface area contributed by atoms with Crippen LogP contribution >= 0.6 is 24.0 Å².